The highest BCUT2D eigenvalue weighted by Crippen LogP contribution is 2.20. The van der Waals surface area contributed by atoms with Crippen LogP contribution in [0.3, 0.4) is 0 Å². The fourth-order valence-electron chi connectivity index (χ4n) is 2.93. The van der Waals surface area contributed by atoms with Crippen molar-refractivity contribution in [3.63, 3.8) is 0 Å². The molecule has 5 nitrogen and oxygen atoms in total. The first-order valence-electron chi connectivity index (χ1n) is 7.78. The van der Waals surface area contributed by atoms with Crippen LogP contribution in [0.2, 0.25) is 5.02 Å². The minimum absolute atomic E-state index is 0.108. The zero-order valence-corrected chi connectivity index (χ0v) is 14.1. The van der Waals surface area contributed by atoms with Crippen molar-refractivity contribution in [1.82, 2.24) is 15.1 Å². The fraction of sp³-hybridized carbons (Fsp3) is 0.412. The SMILES string of the molecule is Cc1nn(-c2cccc(Cl)c2)c(C)c1C(=O)NC[C@@H]1CCCO1. The number of halogens is 1. The average molecular weight is 334 g/mol. The Balaban J connectivity index is 1.81. The van der Waals surface area contributed by atoms with Crippen LogP contribution in [0.25, 0.3) is 5.69 Å². The number of carbonyl (C=O) groups excluding carboxylic acids is 1. The zero-order valence-electron chi connectivity index (χ0n) is 13.3. The summed E-state index contributed by atoms with van der Waals surface area (Å²) in [6.07, 6.45) is 2.19. The number of hydrogen-bond donors (Lipinski definition) is 1. The van der Waals surface area contributed by atoms with Crippen molar-refractivity contribution >= 4 is 17.5 Å². The summed E-state index contributed by atoms with van der Waals surface area (Å²) in [5.41, 5.74) is 2.96. The molecule has 0 bridgehead atoms. The zero-order chi connectivity index (χ0) is 16.4. The second-order valence-electron chi connectivity index (χ2n) is 5.78. The normalized spacial score (nSPS) is 17.4. The molecule has 2 heterocycles. The van der Waals surface area contributed by atoms with Crippen LogP contribution in [-0.2, 0) is 4.74 Å². The molecule has 2 aromatic rings. The van der Waals surface area contributed by atoms with Crippen LogP contribution < -0.4 is 5.32 Å². The first-order valence-corrected chi connectivity index (χ1v) is 8.16. The van der Waals surface area contributed by atoms with Crippen molar-refractivity contribution in [3.05, 3.63) is 46.2 Å². The number of aromatic nitrogens is 2. The summed E-state index contributed by atoms with van der Waals surface area (Å²) in [7, 11) is 0. The van der Waals surface area contributed by atoms with Crippen LogP contribution in [0.15, 0.2) is 24.3 Å². The van der Waals surface area contributed by atoms with E-state index in [1.54, 1.807) is 4.68 Å². The summed E-state index contributed by atoms with van der Waals surface area (Å²) in [5, 5.41) is 8.08. The van der Waals surface area contributed by atoms with Crippen molar-refractivity contribution in [3.8, 4) is 5.69 Å². The van der Waals surface area contributed by atoms with Crippen LogP contribution in [0.1, 0.15) is 34.6 Å². The number of amides is 1. The van der Waals surface area contributed by atoms with E-state index < -0.39 is 0 Å². The number of ether oxygens (including phenoxy) is 1. The van der Waals surface area contributed by atoms with Crippen LogP contribution in [0, 0.1) is 13.8 Å². The quantitative estimate of drug-likeness (QED) is 0.935. The number of carbonyl (C=O) groups is 1. The molecule has 1 saturated heterocycles. The van der Waals surface area contributed by atoms with E-state index in [-0.39, 0.29) is 12.0 Å². The van der Waals surface area contributed by atoms with Crippen molar-refractivity contribution in [1.29, 1.82) is 0 Å². The molecule has 1 aliphatic heterocycles. The number of benzene rings is 1. The second kappa shape index (κ2) is 6.72. The summed E-state index contributed by atoms with van der Waals surface area (Å²) < 4.78 is 7.29. The largest absolute Gasteiger partial charge is 0.376 e. The van der Waals surface area contributed by atoms with E-state index in [0.717, 1.165) is 30.8 Å². The smallest absolute Gasteiger partial charge is 0.255 e. The van der Waals surface area contributed by atoms with Crippen LogP contribution >= 0.6 is 11.6 Å². The molecule has 1 fully saturated rings. The molecule has 0 radical (unpaired) electrons. The second-order valence-corrected chi connectivity index (χ2v) is 6.22. The summed E-state index contributed by atoms with van der Waals surface area (Å²) in [6.45, 7) is 5.06. The topological polar surface area (TPSA) is 56.2 Å². The molecule has 1 aromatic heterocycles. The van der Waals surface area contributed by atoms with E-state index in [1.807, 2.05) is 38.1 Å². The Morgan fingerprint density at radius 2 is 2.30 bits per heavy atom. The van der Waals surface area contributed by atoms with Gasteiger partial charge in [-0.2, -0.15) is 5.10 Å². The van der Waals surface area contributed by atoms with Crippen molar-refractivity contribution in [2.75, 3.05) is 13.2 Å². The van der Waals surface area contributed by atoms with E-state index in [9.17, 15) is 4.79 Å². The van der Waals surface area contributed by atoms with Crippen molar-refractivity contribution < 1.29 is 9.53 Å². The Kier molecular flexibility index (Phi) is 4.68. The highest BCUT2D eigenvalue weighted by atomic mass is 35.5. The maximum Gasteiger partial charge on any atom is 0.255 e. The first kappa shape index (κ1) is 16.0. The van der Waals surface area contributed by atoms with Gasteiger partial charge in [-0.05, 0) is 44.9 Å². The predicted octanol–water partition coefficient (Wildman–Crippen LogP) is 3.05. The molecule has 3 rings (SSSR count). The van der Waals surface area contributed by atoms with Crippen molar-refractivity contribution in [2.24, 2.45) is 0 Å². The van der Waals surface area contributed by atoms with E-state index in [4.69, 9.17) is 16.3 Å². The van der Waals surface area contributed by atoms with Gasteiger partial charge in [0.1, 0.15) is 0 Å². The summed E-state index contributed by atoms with van der Waals surface area (Å²) in [6, 6.07) is 7.42. The molecule has 6 heteroatoms. The number of nitrogens with one attached hydrogen (secondary N) is 1. The van der Waals surface area contributed by atoms with Gasteiger partial charge in [0.05, 0.1) is 28.7 Å². The van der Waals surface area contributed by atoms with E-state index in [0.29, 0.717) is 22.8 Å². The molecule has 1 aliphatic rings. The molecule has 1 amide bonds. The minimum Gasteiger partial charge on any atom is -0.376 e. The third kappa shape index (κ3) is 3.41. The van der Waals surface area contributed by atoms with Gasteiger partial charge in [-0.1, -0.05) is 17.7 Å². The Morgan fingerprint density at radius 1 is 1.48 bits per heavy atom. The fourth-order valence-corrected chi connectivity index (χ4v) is 3.12. The molecule has 0 saturated carbocycles. The third-order valence-corrected chi connectivity index (χ3v) is 4.32. The van der Waals surface area contributed by atoms with E-state index in [1.165, 1.54) is 0 Å². The molecule has 1 atom stereocenters. The molecule has 0 aliphatic carbocycles. The summed E-state index contributed by atoms with van der Waals surface area (Å²) in [5.74, 6) is -0.108. The molecule has 0 unspecified atom stereocenters. The predicted molar refractivity (Wildman–Crippen MR) is 89.4 cm³/mol. The molecule has 1 N–H and O–H groups in total. The number of aryl methyl sites for hydroxylation is 1. The first-order chi connectivity index (χ1) is 11.1. The lowest BCUT2D eigenvalue weighted by Gasteiger charge is -2.11. The van der Waals surface area contributed by atoms with Gasteiger partial charge >= 0.3 is 0 Å². The van der Waals surface area contributed by atoms with Crippen molar-refractivity contribution in [2.45, 2.75) is 32.8 Å². The lowest BCUT2D eigenvalue weighted by molar-refractivity contribution is 0.0856. The monoisotopic (exact) mass is 333 g/mol. The van der Waals surface area contributed by atoms with E-state index in [2.05, 4.69) is 10.4 Å². The van der Waals surface area contributed by atoms with Crippen LogP contribution in [-0.4, -0.2) is 34.9 Å². The van der Waals surface area contributed by atoms with Gasteiger partial charge in [0.2, 0.25) is 0 Å². The van der Waals surface area contributed by atoms with Gasteiger partial charge in [0.15, 0.2) is 0 Å². The molecular formula is C17H20ClN3O2. The summed E-state index contributed by atoms with van der Waals surface area (Å²) in [4.78, 5) is 12.5. The van der Waals surface area contributed by atoms with Gasteiger partial charge in [-0.25, -0.2) is 4.68 Å². The Morgan fingerprint density at radius 3 is 3.00 bits per heavy atom. The number of nitrogens with zero attached hydrogens (tertiary/aromatic N) is 2. The summed E-state index contributed by atoms with van der Waals surface area (Å²) >= 11 is 6.04. The maximum absolute atomic E-state index is 12.5. The average Bonchev–Trinajstić information content (AvgIpc) is 3.13. The molecule has 23 heavy (non-hydrogen) atoms. The van der Waals surface area contributed by atoms with Gasteiger partial charge in [0, 0.05) is 18.2 Å². The molecule has 122 valence electrons. The standard InChI is InChI=1S/C17H20ClN3O2/c1-11-16(17(22)19-10-15-7-4-8-23-15)12(2)21(20-11)14-6-3-5-13(18)9-14/h3,5-6,9,15H,4,7-8,10H2,1-2H3,(H,19,22)/t15-/m0/s1. The number of rotatable bonds is 4. The lowest BCUT2D eigenvalue weighted by Crippen LogP contribution is -2.32. The van der Waals surface area contributed by atoms with Gasteiger partial charge in [-0.15, -0.1) is 0 Å². The van der Waals surface area contributed by atoms with Gasteiger partial charge in [-0.3, -0.25) is 4.79 Å². The van der Waals surface area contributed by atoms with Gasteiger partial charge < -0.3 is 10.1 Å². The van der Waals surface area contributed by atoms with Gasteiger partial charge in [0.25, 0.3) is 5.91 Å². The Bertz CT molecular complexity index is 721. The Labute approximate surface area is 140 Å². The molecule has 0 spiro atoms. The third-order valence-electron chi connectivity index (χ3n) is 4.09. The Hall–Kier alpha value is -1.85. The lowest BCUT2D eigenvalue weighted by atomic mass is 10.1. The minimum atomic E-state index is -0.108. The van der Waals surface area contributed by atoms with E-state index >= 15 is 0 Å². The highest BCUT2D eigenvalue weighted by Gasteiger charge is 2.21. The highest BCUT2D eigenvalue weighted by molar-refractivity contribution is 6.30. The van der Waals surface area contributed by atoms with Crippen LogP contribution in [0.4, 0.5) is 0 Å². The number of hydrogen-bond acceptors (Lipinski definition) is 3. The molecule has 1 aromatic carbocycles. The molecular weight excluding hydrogens is 314 g/mol. The van der Waals surface area contributed by atoms with Crippen LogP contribution in [0.5, 0.6) is 0 Å². The maximum atomic E-state index is 12.5.